The minimum absolute atomic E-state index is 0.0886. The van der Waals surface area contributed by atoms with Crippen LogP contribution in [0.25, 0.3) is 0 Å². The summed E-state index contributed by atoms with van der Waals surface area (Å²) in [6.07, 6.45) is 0.0886. The van der Waals surface area contributed by atoms with Crippen LogP contribution in [-0.4, -0.2) is 31.3 Å². The Morgan fingerprint density at radius 1 is 1.44 bits per heavy atom. The van der Waals surface area contributed by atoms with Crippen LogP contribution in [0.2, 0.25) is 0 Å². The number of hydrogen-bond acceptors (Lipinski definition) is 3. The normalized spacial score (nSPS) is 9.89. The Morgan fingerprint density at radius 3 is 2.67 bits per heavy atom. The molecule has 0 radical (unpaired) electrons. The van der Waals surface area contributed by atoms with Crippen LogP contribution < -0.4 is 9.64 Å². The Balaban J connectivity index is 2.92. The lowest BCUT2D eigenvalue weighted by Gasteiger charge is -2.26. The van der Waals surface area contributed by atoms with Crippen molar-refractivity contribution in [3.05, 3.63) is 36.4 Å². The molecule has 0 spiro atoms. The highest BCUT2D eigenvalue weighted by atomic mass is 16.5. The summed E-state index contributed by atoms with van der Waals surface area (Å²) in [5.41, 5.74) is 1.87. The summed E-state index contributed by atoms with van der Waals surface area (Å²) < 4.78 is 5.30. The van der Waals surface area contributed by atoms with E-state index in [-0.39, 0.29) is 6.42 Å². The highest BCUT2D eigenvalue weighted by Gasteiger charge is 2.12. The maximum atomic E-state index is 10.7. The lowest BCUT2D eigenvalue weighted by Crippen LogP contribution is -2.28. The Morgan fingerprint density at radius 2 is 2.11 bits per heavy atom. The van der Waals surface area contributed by atoms with Crippen LogP contribution in [0.1, 0.15) is 13.3 Å². The van der Waals surface area contributed by atoms with E-state index < -0.39 is 5.97 Å². The van der Waals surface area contributed by atoms with Gasteiger partial charge in [0.05, 0.1) is 19.2 Å². The fourth-order valence-corrected chi connectivity index (χ4v) is 1.73. The second-order valence-corrected chi connectivity index (χ2v) is 4.19. The van der Waals surface area contributed by atoms with Gasteiger partial charge in [0, 0.05) is 13.1 Å². The average Bonchev–Trinajstić information content (AvgIpc) is 2.33. The van der Waals surface area contributed by atoms with Crippen LogP contribution >= 0.6 is 0 Å². The van der Waals surface area contributed by atoms with Crippen molar-refractivity contribution in [3.8, 4) is 5.75 Å². The van der Waals surface area contributed by atoms with Crippen LogP contribution in [0.15, 0.2) is 36.4 Å². The van der Waals surface area contributed by atoms with Gasteiger partial charge in [-0.05, 0) is 19.1 Å². The Bertz CT molecular complexity index is 429. The molecule has 0 saturated carbocycles. The molecule has 18 heavy (non-hydrogen) atoms. The molecule has 0 aliphatic heterocycles. The molecule has 0 saturated heterocycles. The van der Waals surface area contributed by atoms with Crippen molar-refractivity contribution in [1.82, 2.24) is 0 Å². The molecular formula is C14H19NO3. The zero-order valence-corrected chi connectivity index (χ0v) is 10.8. The molecule has 0 aromatic heterocycles. The molecule has 1 aromatic carbocycles. The number of methoxy groups -OCH3 is 1. The van der Waals surface area contributed by atoms with Crippen molar-refractivity contribution in [1.29, 1.82) is 0 Å². The number of para-hydroxylation sites is 2. The third kappa shape index (κ3) is 4.13. The predicted molar refractivity (Wildman–Crippen MR) is 72.3 cm³/mol. The second-order valence-electron chi connectivity index (χ2n) is 4.19. The Kier molecular flexibility index (Phi) is 5.24. The predicted octanol–water partition coefficient (Wildman–Crippen LogP) is 2.55. The second kappa shape index (κ2) is 6.69. The number of hydrogen-bond donors (Lipinski definition) is 1. The SMILES string of the molecule is C=C(C)CN(CCC(=O)O)c1ccccc1OC. The highest BCUT2D eigenvalue weighted by Crippen LogP contribution is 2.28. The van der Waals surface area contributed by atoms with E-state index in [9.17, 15) is 4.79 Å². The number of ether oxygens (including phenoxy) is 1. The lowest BCUT2D eigenvalue weighted by molar-refractivity contribution is -0.136. The van der Waals surface area contributed by atoms with E-state index in [0.29, 0.717) is 13.1 Å². The molecule has 0 aliphatic carbocycles. The van der Waals surface area contributed by atoms with E-state index in [1.807, 2.05) is 36.1 Å². The van der Waals surface area contributed by atoms with Crippen LogP contribution in [0, 0.1) is 0 Å². The number of aliphatic carboxylic acids is 1. The summed E-state index contributed by atoms with van der Waals surface area (Å²) in [6, 6.07) is 7.58. The number of nitrogens with zero attached hydrogens (tertiary/aromatic N) is 1. The fourth-order valence-electron chi connectivity index (χ4n) is 1.73. The van der Waals surface area contributed by atoms with Crippen molar-refractivity contribution in [3.63, 3.8) is 0 Å². The third-order valence-electron chi connectivity index (χ3n) is 2.48. The van der Waals surface area contributed by atoms with Gasteiger partial charge in [-0.1, -0.05) is 24.3 Å². The minimum Gasteiger partial charge on any atom is -0.495 e. The molecule has 4 heteroatoms. The van der Waals surface area contributed by atoms with E-state index in [1.54, 1.807) is 7.11 Å². The van der Waals surface area contributed by atoms with Gasteiger partial charge < -0.3 is 14.7 Å². The van der Waals surface area contributed by atoms with Crippen molar-refractivity contribution in [2.75, 3.05) is 25.1 Å². The van der Waals surface area contributed by atoms with Gasteiger partial charge in [-0.3, -0.25) is 4.79 Å². The standard InChI is InChI=1S/C14H19NO3/c1-11(2)10-15(9-8-14(16)17)12-6-4-5-7-13(12)18-3/h4-7H,1,8-10H2,2-3H3,(H,16,17). The molecule has 1 rings (SSSR count). The lowest BCUT2D eigenvalue weighted by atomic mass is 10.2. The highest BCUT2D eigenvalue weighted by molar-refractivity contribution is 5.68. The molecule has 98 valence electrons. The van der Waals surface area contributed by atoms with E-state index in [2.05, 4.69) is 6.58 Å². The maximum Gasteiger partial charge on any atom is 0.305 e. The van der Waals surface area contributed by atoms with Gasteiger partial charge in [-0.2, -0.15) is 0 Å². The van der Waals surface area contributed by atoms with Gasteiger partial charge in [0.15, 0.2) is 0 Å². The number of anilines is 1. The van der Waals surface area contributed by atoms with Gasteiger partial charge in [-0.15, -0.1) is 0 Å². The first-order valence-electron chi connectivity index (χ1n) is 5.78. The van der Waals surface area contributed by atoms with Crippen LogP contribution in [0.5, 0.6) is 5.75 Å². The molecule has 0 unspecified atom stereocenters. The Labute approximate surface area is 107 Å². The number of carboxylic acid groups (broad SMARTS) is 1. The monoisotopic (exact) mass is 249 g/mol. The van der Waals surface area contributed by atoms with Crippen molar-refractivity contribution in [2.45, 2.75) is 13.3 Å². The molecule has 0 heterocycles. The molecule has 0 atom stereocenters. The molecule has 1 N–H and O–H groups in total. The van der Waals surface area contributed by atoms with Gasteiger partial charge in [0.1, 0.15) is 5.75 Å². The summed E-state index contributed by atoms with van der Waals surface area (Å²) in [7, 11) is 1.61. The molecule has 1 aromatic rings. The molecule has 0 aliphatic rings. The molecule has 0 bridgehead atoms. The number of benzene rings is 1. The van der Waals surface area contributed by atoms with Crippen LogP contribution in [0.4, 0.5) is 5.69 Å². The van der Waals surface area contributed by atoms with Crippen molar-refractivity contribution < 1.29 is 14.6 Å². The smallest absolute Gasteiger partial charge is 0.305 e. The summed E-state index contributed by atoms with van der Waals surface area (Å²) >= 11 is 0. The zero-order chi connectivity index (χ0) is 13.5. The van der Waals surface area contributed by atoms with E-state index in [1.165, 1.54) is 0 Å². The summed E-state index contributed by atoms with van der Waals surface area (Å²) in [5, 5.41) is 8.79. The third-order valence-corrected chi connectivity index (χ3v) is 2.48. The minimum atomic E-state index is -0.809. The van der Waals surface area contributed by atoms with E-state index in [0.717, 1.165) is 17.0 Å². The topological polar surface area (TPSA) is 49.8 Å². The summed E-state index contributed by atoms with van der Waals surface area (Å²) in [6.45, 7) is 6.84. The maximum absolute atomic E-state index is 10.7. The molecular weight excluding hydrogens is 230 g/mol. The Hall–Kier alpha value is -1.97. The molecule has 0 fully saturated rings. The van der Waals surface area contributed by atoms with Gasteiger partial charge in [0.2, 0.25) is 0 Å². The average molecular weight is 249 g/mol. The zero-order valence-electron chi connectivity index (χ0n) is 10.8. The van der Waals surface area contributed by atoms with Gasteiger partial charge >= 0.3 is 5.97 Å². The molecule has 0 amide bonds. The van der Waals surface area contributed by atoms with Crippen molar-refractivity contribution in [2.24, 2.45) is 0 Å². The number of carboxylic acids is 1. The van der Waals surface area contributed by atoms with Crippen molar-refractivity contribution >= 4 is 11.7 Å². The van der Waals surface area contributed by atoms with E-state index >= 15 is 0 Å². The summed E-state index contributed by atoms with van der Waals surface area (Å²) in [4.78, 5) is 12.7. The quantitative estimate of drug-likeness (QED) is 0.754. The first-order chi connectivity index (χ1) is 8.54. The van der Waals surface area contributed by atoms with Gasteiger partial charge in [0.25, 0.3) is 0 Å². The summed E-state index contributed by atoms with van der Waals surface area (Å²) in [5.74, 6) is -0.0687. The first-order valence-corrected chi connectivity index (χ1v) is 5.78. The number of carbonyl (C=O) groups is 1. The van der Waals surface area contributed by atoms with Gasteiger partial charge in [-0.25, -0.2) is 0 Å². The molecule has 4 nitrogen and oxygen atoms in total. The number of rotatable bonds is 7. The fraction of sp³-hybridized carbons (Fsp3) is 0.357. The van der Waals surface area contributed by atoms with Crippen LogP contribution in [0.3, 0.4) is 0 Å². The van der Waals surface area contributed by atoms with Crippen LogP contribution in [-0.2, 0) is 4.79 Å². The van der Waals surface area contributed by atoms with E-state index in [4.69, 9.17) is 9.84 Å². The first kappa shape index (κ1) is 14.1. The largest absolute Gasteiger partial charge is 0.495 e.